The van der Waals surface area contributed by atoms with Crippen LogP contribution in [0.4, 0.5) is 0 Å². The van der Waals surface area contributed by atoms with Gasteiger partial charge in [-0.15, -0.1) is 11.3 Å². The van der Waals surface area contributed by atoms with Crippen LogP contribution in [-0.4, -0.2) is 21.9 Å². The largest absolute Gasteiger partial charge is 0.409 e. The average molecular weight is 296 g/mol. The van der Waals surface area contributed by atoms with Gasteiger partial charge >= 0.3 is 0 Å². The number of nitrogens with two attached hydrogens (primary N) is 1. The highest BCUT2D eigenvalue weighted by Crippen LogP contribution is 2.46. The quantitative estimate of drug-likeness (QED) is 0.341. The molecule has 1 fully saturated rings. The fourth-order valence-corrected chi connectivity index (χ4v) is 3.48. The third-order valence-corrected chi connectivity index (χ3v) is 4.88. The van der Waals surface area contributed by atoms with Crippen molar-refractivity contribution in [1.82, 2.24) is 10.3 Å². The lowest BCUT2D eigenvalue weighted by molar-refractivity contribution is -0.133. The first-order valence-corrected chi connectivity index (χ1v) is 7.42. The van der Waals surface area contributed by atoms with Crippen LogP contribution in [0.3, 0.4) is 0 Å². The van der Waals surface area contributed by atoms with Crippen molar-refractivity contribution >= 4 is 23.1 Å². The third-order valence-electron chi connectivity index (χ3n) is 3.78. The van der Waals surface area contributed by atoms with Gasteiger partial charge in [0.2, 0.25) is 5.91 Å². The molecule has 2 rings (SSSR count). The van der Waals surface area contributed by atoms with E-state index in [1.165, 1.54) is 0 Å². The SMILES string of the molecule is Cc1cnc(C(C)NC(=O)C2(/C(N)=N/O)CC(C)C2)s1. The van der Waals surface area contributed by atoms with Gasteiger partial charge in [-0.2, -0.15) is 0 Å². The zero-order chi connectivity index (χ0) is 14.9. The van der Waals surface area contributed by atoms with Crippen molar-refractivity contribution < 1.29 is 10.0 Å². The van der Waals surface area contributed by atoms with E-state index in [1.54, 1.807) is 17.5 Å². The highest BCUT2D eigenvalue weighted by molar-refractivity contribution is 7.11. The van der Waals surface area contributed by atoms with E-state index >= 15 is 0 Å². The third kappa shape index (κ3) is 2.49. The topological polar surface area (TPSA) is 101 Å². The lowest BCUT2D eigenvalue weighted by Gasteiger charge is -2.44. The summed E-state index contributed by atoms with van der Waals surface area (Å²) < 4.78 is 0. The molecule has 1 amide bonds. The van der Waals surface area contributed by atoms with E-state index in [2.05, 4.69) is 15.5 Å². The number of thiazole rings is 1. The maximum Gasteiger partial charge on any atom is 0.234 e. The summed E-state index contributed by atoms with van der Waals surface area (Å²) in [7, 11) is 0. The van der Waals surface area contributed by atoms with Crippen LogP contribution in [-0.2, 0) is 4.79 Å². The fourth-order valence-electron chi connectivity index (χ4n) is 2.71. The van der Waals surface area contributed by atoms with Gasteiger partial charge < -0.3 is 16.3 Å². The highest BCUT2D eigenvalue weighted by Gasteiger charge is 2.52. The van der Waals surface area contributed by atoms with E-state index in [-0.39, 0.29) is 17.8 Å². The molecule has 1 saturated carbocycles. The molecular formula is C13H20N4O2S. The van der Waals surface area contributed by atoms with E-state index in [0.717, 1.165) is 9.88 Å². The number of aryl methyl sites for hydroxylation is 1. The number of amidine groups is 1. The molecular weight excluding hydrogens is 276 g/mol. The number of nitrogens with one attached hydrogen (secondary N) is 1. The molecule has 1 unspecified atom stereocenters. The molecule has 1 atom stereocenters. The van der Waals surface area contributed by atoms with E-state index in [1.807, 2.05) is 20.8 Å². The van der Waals surface area contributed by atoms with Crippen molar-refractivity contribution in [2.45, 2.75) is 39.7 Å². The Kier molecular flexibility index (Phi) is 3.99. The number of amides is 1. The van der Waals surface area contributed by atoms with Crippen LogP contribution in [0.15, 0.2) is 11.4 Å². The monoisotopic (exact) mass is 296 g/mol. The van der Waals surface area contributed by atoms with Crippen molar-refractivity contribution in [3.8, 4) is 0 Å². The lowest BCUT2D eigenvalue weighted by Crippen LogP contribution is -2.57. The van der Waals surface area contributed by atoms with Gasteiger partial charge in [0, 0.05) is 11.1 Å². The molecule has 0 radical (unpaired) electrons. The standard InChI is InChI=1S/C13H20N4O2S/c1-7-4-13(5-7,11(14)17-19)12(18)16-9(3)10-15-6-8(2)20-10/h6-7,9,19H,4-5H2,1-3H3,(H2,14,17)(H,16,18). The summed E-state index contributed by atoms with van der Waals surface area (Å²) in [6.07, 6.45) is 3.00. The Hall–Kier alpha value is -1.63. The predicted molar refractivity (Wildman–Crippen MR) is 77.6 cm³/mol. The van der Waals surface area contributed by atoms with Crippen molar-refractivity contribution in [2.75, 3.05) is 0 Å². The van der Waals surface area contributed by atoms with Gasteiger partial charge in [-0.1, -0.05) is 12.1 Å². The number of carbonyl (C=O) groups is 1. The van der Waals surface area contributed by atoms with Crippen LogP contribution in [0, 0.1) is 18.3 Å². The van der Waals surface area contributed by atoms with Crippen LogP contribution < -0.4 is 11.1 Å². The average Bonchev–Trinajstić information content (AvgIpc) is 2.80. The van der Waals surface area contributed by atoms with Crippen LogP contribution in [0.5, 0.6) is 0 Å². The first-order chi connectivity index (χ1) is 9.39. The summed E-state index contributed by atoms with van der Waals surface area (Å²) in [4.78, 5) is 17.8. The molecule has 1 aromatic heterocycles. The molecule has 110 valence electrons. The molecule has 0 bridgehead atoms. The van der Waals surface area contributed by atoms with Gasteiger partial charge in [0.15, 0.2) is 5.84 Å². The van der Waals surface area contributed by atoms with Crippen LogP contribution in [0.1, 0.15) is 42.6 Å². The summed E-state index contributed by atoms with van der Waals surface area (Å²) in [6.45, 7) is 5.91. The first kappa shape index (κ1) is 14.8. The number of nitrogens with zero attached hydrogens (tertiary/aromatic N) is 2. The number of aromatic nitrogens is 1. The zero-order valence-electron chi connectivity index (χ0n) is 11.9. The second-order valence-corrected chi connectivity index (χ2v) is 6.85. The Labute approximate surface area is 122 Å². The van der Waals surface area contributed by atoms with Crippen molar-refractivity contribution in [3.05, 3.63) is 16.1 Å². The van der Waals surface area contributed by atoms with Gasteiger partial charge in [-0.05, 0) is 32.6 Å². The maximum absolute atomic E-state index is 12.5. The van der Waals surface area contributed by atoms with Crippen LogP contribution in [0.2, 0.25) is 0 Å². The van der Waals surface area contributed by atoms with E-state index < -0.39 is 5.41 Å². The minimum Gasteiger partial charge on any atom is -0.409 e. The minimum absolute atomic E-state index is 0.00406. The molecule has 7 heteroatoms. The smallest absolute Gasteiger partial charge is 0.234 e. The van der Waals surface area contributed by atoms with Gasteiger partial charge in [0.1, 0.15) is 10.4 Å². The van der Waals surface area contributed by atoms with Crippen molar-refractivity contribution in [1.29, 1.82) is 0 Å². The Morgan fingerprint density at radius 1 is 1.70 bits per heavy atom. The minimum atomic E-state index is -0.866. The summed E-state index contributed by atoms with van der Waals surface area (Å²) in [5, 5.41) is 15.7. The lowest BCUT2D eigenvalue weighted by atomic mass is 9.61. The number of carbonyl (C=O) groups excluding carboxylic acids is 1. The summed E-state index contributed by atoms with van der Waals surface area (Å²) >= 11 is 1.55. The summed E-state index contributed by atoms with van der Waals surface area (Å²) in [5.41, 5.74) is 4.85. The second kappa shape index (κ2) is 5.40. The molecule has 0 aliphatic heterocycles. The molecule has 1 aromatic rings. The van der Waals surface area contributed by atoms with Crippen molar-refractivity contribution in [3.63, 3.8) is 0 Å². The second-order valence-electron chi connectivity index (χ2n) is 5.59. The Morgan fingerprint density at radius 2 is 2.35 bits per heavy atom. The van der Waals surface area contributed by atoms with E-state index in [9.17, 15) is 4.79 Å². The van der Waals surface area contributed by atoms with E-state index in [4.69, 9.17) is 10.9 Å². The Bertz CT molecular complexity index is 534. The molecule has 0 spiro atoms. The first-order valence-electron chi connectivity index (χ1n) is 6.60. The highest BCUT2D eigenvalue weighted by atomic mass is 32.1. The van der Waals surface area contributed by atoms with Gasteiger partial charge in [0.05, 0.1) is 6.04 Å². The van der Waals surface area contributed by atoms with Crippen LogP contribution in [0.25, 0.3) is 0 Å². The molecule has 4 N–H and O–H groups in total. The van der Waals surface area contributed by atoms with Gasteiger partial charge in [-0.3, -0.25) is 4.79 Å². The fraction of sp³-hybridized carbons (Fsp3) is 0.615. The van der Waals surface area contributed by atoms with Gasteiger partial charge in [0.25, 0.3) is 0 Å². The molecule has 1 aliphatic rings. The number of hydrogen-bond acceptors (Lipinski definition) is 5. The Balaban J connectivity index is 2.10. The number of oxime groups is 1. The summed E-state index contributed by atoms with van der Waals surface area (Å²) in [6, 6.07) is -0.180. The molecule has 1 aliphatic carbocycles. The normalized spacial score (nSPS) is 27.8. The molecule has 0 saturated heterocycles. The zero-order valence-corrected chi connectivity index (χ0v) is 12.7. The van der Waals surface area contributed by atoms with Gasteiger partial charge in [-0.25, -0.2) is 4.98 Å². The van der Waals surface area contributed by atoms with E-state index in [0.29, 0.717) is 18.8 Å². The molecule has 1 heterocycles. The number of rotatable bonds is 4. The maximum atomic E-state index is 12.5. The van der Waals surface area contributed by atoms with Crippen LogP contribution >= 0.6 is 11.3 Å². The van der Waals surface area contributed by atoms with Crippen molar-refractivity contribution in [2.24, 2.45) is 22.2 Å². The summed E-state index contributed by atoms with van der Waals surface area (Å²) in [5.74, 6) is 0.209. The molecule has 6 nitrogen and oxygen atoms in total. The Morgan fingerprint density at radius 3 is 2.80 bits per heavy atom. The molecule has 20 heavy (non-hydrogen) atoms. The predicted octanol–water partition coefficient (Wildman–Crippen LogP) is 1.79. The number of hydrogen-bond donors (Lipinski definition) is 3. The molecule has 0 aromatic carbocycles.